The molecule has 0 fully saturated rings. The first-order chi connectivity index (χ1) is 12.4. The second-order valence-electron chi connectivity index (χ2n) is 5.27. The summed E-state index contributed by atoms with van der Waals surface area (Å²) in [6.45, 7) is 5.19. The van der Waals surface area contributed by atoms with Gasteiger partial charge in [-0.15, -0.1) is 0 Å². The van der Waals surface area contributed by atoms with E-state index in [4.69, 9.17) is 10.8 Å². The van der Waals surface area contributed by atoms with Crippen LogP contribution in [0.15, 0.2) is 36.0 Å². The van der Waals surface area contributed by atoms with Crippen LogP contribution in [-0.4, -0.2) is 51.3 Å². The number of rotatable bonds is 7. The number of carbonyl (C=O) groups is 2. The Morgan fingerprint density at radius 3 is 2.77 bits per heavy atom. The van der Waals surface area contributed by atoms with E-state index in [-0.39, 0.29) is 24.7 Å². The van der Waals surface area contributed by atoms with Crippen LogP contribution in [0.1, 0.15) is 13.3 Å². The Labute approximate surface area is 150 Å². The van der Waals surface area contributed by atoms with Crippen LogP contribution >= 0.6 is 0 Å². The molecule has 0 aliphatic rings. The van der Waals surface area contributed by atoms with Gasteiger partial charge in [-0.05, 0) is 19.1 Å². The number of nitrogens with zero attached hydrogens (tertiary/aromatic N) is 5. The molecule has 2 rings (SSSR count). The van der Waals surface area contributed by atoms with Crippen LogP contribution in [0.5, 0.6) is 0 Å². The third-order valence-corrected chi connectivity index (χ3v) is 3.63. The summed E-state index contributed by atoms with van der Waals surface area (Å²) in [6, 6.07) is 1.76. The van der Waals surface area contributed by atoms with E-state index >= 15 is 0 Å². The van der Waals surface area contributed by atoms with Gasteiger partial charge in [0.1, 0.15) is 5.82 Å². The third kappa shape index (κ3) is 3.77. The molecule has 0 unspecified atom stereocenters. The standard InChI is InChI=1S/C17H20N6O3/c1-4-11(10-19-3)22-8-6-12-15(18)20-17(21-16(12)22)23(13(24)5-2)9-7-14(25)26/h4-6,8,10H,2,7,9H2,1,3H3,(H,25,26)(H2,18,20,21)/b11-4+,19-10?. The number of carboxylic acid groups (broad SMARTS) is 1. The van der Waals surface area contributed by atoms with Crippen molar-refractivity contribution in [3.05, 3.63) is 31.0 Å². The molecule has 0 bridgehead atoms. The van der Waals surface area contributed by atoms with Crippen LogP contribution < -0.4 is 10.6 Å². The molecule has 0 aliphatic carbocycles. The zero-order chi connectivity index (χ0) is 19.3. The lowest BCUT2D eigenvalue weighted by molar-refractivity contribution is -0.136. The predicted octanol–water partition coefficient (Wildman–Crippen LogP) is 1.57. The maximum atomic E-state index is 12.1. The molecule has 3 N–H and O–H groups in total. The van der Waals surface area contributed by atoms with Gasteiger partial charge in [-0.1, -0.05) is 12.7 Å². The van der Waals surface area contributed by atoms with E-state index in [2.05, 4.69) is 21.5 Å². The molecule has 26 heavy (non-hydrogen) atoms. The normalized spacial score (nSPS) is 11.8. The Morgan fingerprint density at radius 2 is 2.19 bits per heavy atom. The highest BCUT2D eigenvalue weighted by molar-refractivity contribution is 6.06. The SMILES string of the molecule is C=CC(=O)N(CCC(=O)O)c1nc(N)c2ccn(/C(C=NC)=C/C)c2n1. The molecule has 9 heteroatoms. The number of fused-ring (bicyclic) bond motifs is 1. The van der Waals surface area contributed by atoms with Crippen molar-refractivity contribution in [2.45, 2.75) is 13.3 Å². The van der Waals surface area contributed by atoms with Crippen molar-refractivity contribution in [2.75, 3.05) is 24.2 Å². The zero-order valence-electron chi connectivity index (χ0n) is 14.6. The summed E-state index contributed by atoms with van der Waals surface area (Å²) >= 11 is 0. The van der Waals surface area contributed by atoms with Crippen LogP contribution in [-0.2, 0) is 9.59 Å². The lowest BCUT2D eigenvalue weighted by Gasteiger charge is -2.19. The topological polar surface area (TPSA) is 127 Å². The minimum Gasteiger partial charge on any atom is -0.481 e. The van der Waals surface area contributed by atoms with Gasteiger partial charge < -0.3 is 10.8 Å². The number of nitrogens with two attached hydrogens (primary N) is 1. The van der Waals surface area contributed by atoms with Crippen molar-refractivity contribution >= 4 is 46.6 Å². The molecule has 0 saturated heterocycles. The summed E-state index contributed by atoms with van der Waals surface area (Å²) < 4.78 is 1.76. The molecule has 1 amide bonds. The lowest BCUT2D eigenvalue weighted by atomic mass is 10.3. The van der Waals surface area contributed by atoms with E-state index in [1.54, 1.807) is 30.1 Å². The molecule has 136 valence electrons. The molecule has 0 spiro atoms. The first kappa shape index (κ1) is 18.8. The smallest absolute Gasteiger partial charge is 0.305 e. The summed E-state index contributed by atoms with van der Waals surface area (Å²) in [4.78, 5) is 36.8. The number of aliphatic carboxylic acids is 1. The van der Waals surface area contributed by atoms with Crippen LogP contribution in [0.3, 0.4) is 0 Å². The van der Waals surface area contributed by atoms with Crippen molar-refractivity contribution in [3.8, 4) is 0 Å². The van der Waals surface area contributed by atoms with Crippen LogP contribution in [0, 0.1) is 0 Å². The van der Waals surface area contributed by atoms with Crippen LogP contribution in [0.25, 0.3) is 16.7 Å². The van der Waals surface area contributed by atoms with Gasteiger partial charge in [0.2, 0.25) is 5.95 Å². The monoisotopic (exact) mass is 356 g/mol. The molecule has 0 aromatic carbocycles. The quantitative estimate of drug-likeness (QED) is 0.573. The molecular weight excluding hydrogens is 336 g/mol. The van der Waals surface area contributed by atoms with Crippen molar-refractivity contribution in [1.29, 1.82) is 0 Å². The number of carbonyl (C=O) groups excluding carboxylic acids is 1. The highest BCUT2D eigenvalue weighted by atomic mass is 16.4. The van der Waals surface area contributed by atoms with E-state index in [9.17, 15) is 9.59 Å². The number of hydrogen-bond acceptors (Lipinski definition) is 6. The number of nitrogen functional groups attached to an aromatic ring is 1. The highest BCUT2D eigenvalue weighted by Gasteiger charge is 2.20. The van der Waals surface area contributed by atoms with E-state index in [1.807, 2.05) is 13.0 Å². The second kappa shape index (κ2) is 8.06. The Hall–Kier alpha value is -3.49. The van der Waals surface area contributed by atoms with E-state index in [0.717, 1.165) is 16.7 Å². The minimum atomic E-state index is -1.04. The van der Waals surface area contributed by atoms with E-state index in [0.29, 0.717) is 11.0 Å². The lowest BCUT2D eigenvalue weighted by Crippen LogP contribution is -2.33. The Bertz CT molecular complexity index is 913. The third-order valence-electron chi connectivity index (χ3n) is 3.63. The molecule has 0 aliphatic heterocycles. The van der Waals surface area contributed by atoms with Gasteiger partial charge in [0, 0.05) is 26.0 Å². The number of carboxylic acids is 1. The fourth-order valence-corrected chi connectivity index (χ4v) is 2.39. The summed E-state index contributed by atoms with van der Waals surface area (Å²) in [5.74, 6) is -1.35. The first-order valence-corrected chi connectivity index (χ1v) is 7.82. The first-order valence-electron chi connectivity index (χ1n) is 7.82. The van der Waals surface area contributed by atoms with Crippen molar-refractivity contribution in [3.63, 3.8) is 0 Å². The van der Waals surface area contributed by atoms with Gasteiger partial charge in [-0.2, -0.15) is 9.97 Å². The van der Waals surface area contributed by atoms with Gasteiger partial charge in [0.25, 0.3) is 5.91 Å². The summed E-state index contributed by atoms with van der Waals surface area (Å²) in [7, 11) is 1.65. The second-order valence-corrected chi connectivity index (χ2v) is 5.27. The molecule has 9 nitrogen and oxygen atoms in total. The number of hydrogen-bond donors (Lipinski definition) is 2. The summed E-state index contributed by atoms with van der Waals surface area (Å²) in [5.41, 5.74) is 7.27. The Morgan fingerprint density at radius 1 is 1.46 bits per heavy atom. The number of aliphatic imine (C=N–C) groups is 1. The van der Waals surface area contributed by atoms with Gasteiger partial charge in [0.05, 0.1) is 17.5 Å². The molecule has 2 aromatic rings. The van der Waals surface area contributed by atoms with Crippen molar-refractivity contribution in [1.82, 2.24) is 14.5 Å². The minimum absolute atomic E-state index is 0.0185. The molecule has 2 heterocycles. The average molecular weight is 356 g/mol. The average Bonchev–Trinajstić information content (AvgIpc) is 3.03. The summed E-state index contributed by atoms with van der Waals surface area (Å²) in [6.07, 6.45) is 6.10. The van der Waals surface area contributed by atoms with Crippen molar-refractivity contribution < 1.29 is 14.7 Å². The molecule has 0 radical (unpaired) electrons. The molecular formula is C17H20N6O3. The van der Waals surface area contributed by atoms with Gasteiger partial charge in [0.15, 0.2) is 5.65 Å². The van der Waals surface area contributed by atoms with Gasteiger partial charge in [-0.25, -0.2) is 0 Å². The van der Waals surface area contributed by atoms with Crippen LogP contribution in [0.2, 0.25) is 0 Å². The fraction of sp³-hybridized carbons (Fsp3) is 0.235. The van der Waals surface area contributed by atoms with E-state index < -0.39 is 11.9 Å². The van der Waals surface area contributed by atoms with Crippen LogP contribution in [0.4, 0.5) is 11.8 Å². The Kier molecular flexibility index (Phi) is 5.84. The number of anilines is 2. The maximum absolute atomic E-state index is 12.1. The zero-order valence-corrected chi connectivity index (χ0v) is 14.6. The fourth-order valence-electron chi connectivity index (χ4n) is 2.39. The van der Waals surface area contributed by atoms with Gasteiger partial charge in [-0.3, -0.25) is 24.0 Å². The van der Waals surface area contributed by atoms with E-state index in [1.165, 1.54) is 0 Å². The number of aromatic nitrogens is 3. The molecule has 0 atom stereocenters. The largest absolute Gasteiger partial charge is 0.481 e. The summed E-state index contributed by atoms with van der Waals surface area (Å²) in [5, 5.41) is 9.52. The Balaban J connectivity index is 2.61. The number of amides is 1. The van der Waals surface area contributed by atoms with Gasteiger partial charge >= 0.3 is 5.97 Å². The maximum Gasteiger partial charge on any atom is 0.305 e. The highest BCUT2D eigenvalue weighted by Crippen LogP contribution is 2.25. The van der Waals surface area contributed by atoms with Crippen molar-refractivity contribution in [2.24, 2.45) is 4.99 Å². The number of allylic oxidation sites excluding steroid dienone is 2. The molecule has 0 saturated carbocycles. The predicted molar refractivity (Wildman–Crippen MR) is 101 cm³/mol. The molecule has 2 aromatic heterocycles.